The number of rotatable bonds is 4. The zero-order valence-electron chi connectivity index (χ0n) is 12.3. The number of para-hydroxylation sites is 1. The highest BCUT2D eigenvalue weighted by Gasteiger charge is 2.29. The lowest BCUT2D eigenvalue weighted by atomic mass is 9.92. The molecule has 0 unspecified atom stereocenters. The topological polar surface area (TPSA) is 46.9 Å². The summed E-state index contributed by atoms with van der Waals surface area (Å²) in [5.74, 6) is 1.14. The first-order valence-electron chi connectivity index (χ1n) is 6.63. The highest BCUT2D eigenvalue weighted by molar-refractivity contribution is 6.16. The molecule has 0 bridgehead atoms. The van der Waals surface area contributed by atoms with Crippen molar-refractivity contribution < 1.29 is 4.79 Å². The zero-order chi connectivity index (χ0) is 14.9. The van der Waals surface area contributed by atoms with Gasteiger partial charge in [-0.2, -0.15) is 0 Å². The van der Waals surface area contributed by atoms with Crippen molar-refractivity contribution in [3.8, 4) is 0 Å². The lowest BCUT2D eigenvalue weighted by molar-refractivity contribution is -0.129. The lowest BCUT2D eigenvalue weighted by Gasteiger charge is -2.24. The van der Waals surface area contributed by atoms with Crippen LogP contribution in [0.1, 0.15) is 25.2 Å². The monoisotopic (exact) mass is 293 g/mol. The molecule has 0 aliphatic rings. The minimum absolute atomic E-state index is 0.00783. The van der Waals surface area contributed by atoms with Gasteiger partial charge in [0.2, 0.25) is 5.91 Å². The van der Waals surface area contributed by atoms with Crippen LogP contribution in [0.3, 0.4) is 0 Å². The van der Waals surface area contributed by atoms with Crippen molar-refractivity contribution in [2.75, 3.05) is 7.05 Å². The highest BCUT2D eigenvalue weighted by atomic mass is 35.5. The van der Waals surface area contributed by atoms with E-state index in [1.165, 1.54) is 0 Å². The molecule has 0 radical (unpaired) electrons. The second-order valence-electron chi connectivity index (χ2n) is 5.65. The van der Waals surface area contributed by atoms with Crippen molar-refractivity contribution in [2.45, 2.75) is 33.2 Å². The molecule has 0 spiro atoms. The Bertz CT molecular complexity index is 646. The molecule has 1 heterocycles. The third-order valence-electron chi connectivity index (χ3n) is 3.56. The molecule has 0 atom stereocenters. The molecule has 2 rings (SSSR count). The molecular weight excluding hydrogens is 274 g/mol. The van der Waals surface area contributed by atoms with E-state index < -0.39 is 5.41 Å². The maximum Gasteiger partial charge on any atom is 0.227 e. The second-order valence-corrected chi connectivity index (χ2v) is 5.92. The van der Waals surface area contributed by atoms with Crippen LogP contribution in [-0.2, 0) is 17.2 Å². The number of hydrogen-bond acceptors (Lipinski definition) is 2. The van der Waals surface area contributed by atoms with Crippen LogP contribution in [0.25, 0.3) is 11.0 Å². The number of alkyl halides is 1. The van der Waals surface area contributed by atoms with E-state index in [9.17, 15) is 4.79 Å². The lowest BCUT2D eigenvalue weighted by Crippen LogP contribution is -2.38. The number of carbonyl (C=O) groups excluding carboxylic acids is 1. The van der Waals surface area contributed by atoms with Gasteiger partial charge in [-0.1, -0.05) is 12.1 Å². The van der Waals surface area contributed by atoms with Crippen molar-refractivity contribution in [3.63, 3.8) is 0 Å². The molecule has 4 nitrogen and oxygen atoms in total. The molecule has 1 aromatic heterocycles. The standard InChI is InChI=1S/C15H20ClN3O/c1-10-6-5-7-11-13(10)19(12(8-16)18-11)9-15(2,3)14(20)17-4/h5-7H,8-9H2,1-4H3,(H,17,20). The summed E-state index contributed by atoms with van der Waals surface area (Å²) < 4.78 is 2.06. The summed E-state index contributed by atoms with van der Waals surface area (Å²) in [6.45, 7) is 6.45. The molecule has 1 N–H and O–H groups in total. The van der Waals surface area contributed by atoms with Crippen molar-refractivity contribution >= 4 is 28.5 Å². The van der Waals surface area contributed by atoms with Crippen LogP contribution >= 0.6 is 11.6 Å². The van der Waals surface area contributed by atoms with Gasteiger partial charge in [0.1, 0.15) is 5.82 Å². The minimum Gasteiger partial charge on any atom is -0.359 e. The maximum absolute atomic E-state index is 12.0. The average molecular weight is 294 g/mol. The number of benzene rings is 1. The van der Waals surface area contributed by atoms with E-state index in [4.69, 9.17) is 11.6 Å². The first kappa shape index (κ1) is 14.9. The van der Waals surface area contributed by atoms with Gasteiger partial charge in [0, 0.05) is 13.6 Å². The molecule has 2 aromatic rings. The van der Waals surface area contributed by atoms with E-state index in [1.54, 1.807) is 7.05 Å². The Morgan fingerprint density at radius 1 is 1.45 bits per heavy atom. The number of nitrogens with zero attached hydrogens (tertiary/aromatic N) is 2. The van der Waals surface area contributed by atoms with Gasteiger partial charge >= 0.3 is 0 Å². The van der Waals surface area contributed by atoms with Gasteiger partial charge in [-0.15, -0.1) is 11.6 Å². The van der Waals surface area contributed by atoms with Gasteiger partial charge < -0.3 is 9.88 Å². The Labute approximate surface area is 124 Å². The van der Waals surface area contributed by atoms with E-state index in [0.29, 0.717) is 12.4 Å². The Morgan fingerprint density at radius 2 is 2.15 bits per heavy atom. The van der Waals surface area contributed by atoms with E-state index >= 15 is 0 Å². The van der Waals surface area contributed by atoms with Gasteiger partial charge in [-0.25, -0.2) is 4.98 Å². The number of aryl methyl sites for hydroxylation is 1. The summed E-state index contributed by atoms with van der Waals surface area (Å²) >= 11 is 6.01. The molecule has 108 valence electrons. The number of amides is 1. The van der Waals surface area contributed by atoms with Gasteiger partial charge in [0.15, 0.2) is 0 Å². The fraction of sp³-hybridized carbons (Fsp3) is 0.467. The molecule has 1 amide bonds. The molecule has 0 fully saturated rings. The third kappa shape index (κ3) is 2.52. The Balaban J connectivity index is 2.55. The number of halogens is 1. The van der Waals surface area contributed by atoms with Gasteiger partial charge in [-0.05, 0) is 32.4 Å². The number of nitrogens with one attached hydrogen (secondary N) is 1. The second kappa shape index (κ2) is 5.44. The molecule has 5 heteroatoms. The van der Waals surface area contributed by atoms with Gasteiger partial charge in [-0.3, -0.25) is 4.79 Å². The van der Waals surface area contributed by atoms with E-state index in [2.05, 4.69) is 14.9 Å². The third-order valence-corrected chi connectivity index (χ3v) is 3.80. The first-order valence-corrected chi connectivity index (χ1v) is 7.17. The number of imidazole rings is 1. The van der Waals surface area contributed by atoms with Crippen molar-refractivity contribution in [3.05, 3.63) is 29.6 Å². The molecule has 1 aromatic carbocycles. The van der Waals surface area contributed by atoms with Crippen LogP contribution in [0, 0.1) is 12.3 Å². The van der Waals surface area contributed by atoms with Crippen LogP contribution in [0.5, 0.6) is 0 Å². The highest BCUT2D eigenvalue weighted by Crippen LogP contribution is 2.26. The zero-order valence-corrected chi connectivity index (χ0v) is 13.1. The summed E-state index contributed by atoms with van der Waals surface area (Å²) in [5.41, 5.74) is 2.60. The summed E-state index contributed by atoms with van der Waals surface area (Å²) in [4.78, 5) is 16.6. The number of carbonyl (C=O) groups is 1. The summed E-state index contributed by atoms with van der Waals surface area (Å²) in [5, 5.41) is 2.71. The quantitative estimate of drug-likeness (QED) is 0.881. The molecule has 0 aliphatic carbocycles. The summed E-state index contributed by atoms with van der Waals surface area (Å²) in [7, 11) is 1.66. The minimum atomic E-state index is -0.522. The smallest absolute Gasteiger partial charge is 0.227 e. The van der Waals surface area contributed by atoms with Crippen LogP contribution in [0.4, 0.5) is 0 Å². The Kier molecular flexibility index (Phi) is 4.04. The van der Waals surface area contributed by atoms with Crippen molar-refractivity contribution in [2.24, 2.45) is 5.41 Å². The SMILES string of the molecule is CNC(=O)C(C)(C)Cn1c(CCl)nc2cccc(C)c21. The van der Waals surface area contributed by atoms with Gasteiger partial charge in [0.25, 0.3) is 0 Å². The largest absolute Gasteiger partial charge is 0.359 e. The molecule has 0 saturated heterocycles. The summed E-state index contributed by atoms with van der Waals surface area (Å²) in [6.07, 6.45) is 0. The van der Waals surface area contributed by atoms with Crippen LogP contribution in [-0.4, -0.2) is 22.5 Å². The van der Waals surface area contributed by atoms with E-state index in [0.717, 1.165) is 22.4 Å². The van der Waals surface area contributed by atoms with Crippen LogP contribution in [0.2, 0.25) is 0 Å². The van der Waals surface area contributed by atoms with Crippen molar-refractivity contribution in [1.29, 1.82) is 0 Å². The number of hydrogen-bond donors (Lipinski definition) is 1. The molecule has 0 saturated carbocycles. The fourth-order valence-corrected chi connectivity index (χ4v) is 2.70. The van der Waals surface area contributed by atoms with Crippen molar-refractivity contribution in [1.82, 2.24) is 14.9 Å². The fourth-order valence-electron chi connectivity index (χ4n) is 2.49. The van der Waals surface area contributed by atoms with E-state index in [-0.39, 0.29) is 5.91 Å². The first-order chi connectivity index (χ1) is 9.40. The number of fused-ring (bicyclic) bond motifs is 1. The van der Waals surface area contributed by atoms with Crippen LogP contribution in [0.15, 0.2) is 18.2 Å². The molecule has 0 aliphatic heterocycles. The Hall–Kier alpha value is -1.55. The summed E-state index contributed by atoms with van der Waals surface area (Å²) in [6, 6.07) is 6.00. The maximum atomic E-state index is 12.0. The Morgan fingerprint density at radius 3 is 2.75 bits per heavy atom. The normalized spacial score (nSPS) is 11.8. The van der Waals surface area contributed by atoms with Gasteiger partial charge in [0.05, 0.1) is 22.3 Å². The molecule has 20 heavy (non-hydrogen) atoms. The average Bonchev–Trinajstić information content (AvgIpc) is 2.76. The van der Waals surface area contributed by atoms with E-state index in [1.807, 2.05) is 39.0 Å². The van der Waals surface area contributed by atoms with Crippen LogP contribution < -0.4 is 5.32 Å². The molecular formula is C15H20ClN3O. The predicted molar refractivity (Wildman–Crippen MR) is 81.9 cm³/mol. The predicted octanol–water partition coefficient (Wildman–Crippen LogP) is 2.86. The number of aromatic nitrogens is 2.